The Morgan fingerprint density at radius 2 is 1.84 bits per heavy atom. The monoisotopic (exact) mass is 443 g/mol. The lowest BCUT2D eigenvalue weighted by molar-refractivity contribution is -0.144. The smallest absolute Gasteiger partial charge is 0.315 e. The van der Waals surface area contributed by atoms with Crippen LogP contribution in [0.4, 0.5) is 5.69 Å². The number of amides is 2. The highest BCUT2D eigenvalue weighted by Gasteiger charge is 2.31. The van der Waals surface area contributed by atoms with E-state index < -0.39 is 36.5 Å². The number of nitrogens with one attached hydrogen (secondary N) is 4. The quantitative estimate of drug-likeness (QED) is 0.176. The van der Waals surface area contributed by atoms with Crippen molar-refractivity contribution in [1.82, 2.24) is 10.6 Å². The maximum Gasteiger partial charge on any atom is 0.315 e. The van der Waals surface area contributed by atoms with Crippen LogP contribution in [-0.2, 0) is 14.3 Å². The number of carboxylic acid groups (broad SMARTS) is 1. The lowest BCUT2D eigenvalue weighted by atomic mass is 9.97. The third kappa shape index (κ3) is 6.71. The Kier molecular flexibility index (Phi) is 8.54. The van der Waals surface area contributed by atoms with Crippen LogP contribution in [0.15, 0.2) is 48.5 Å². The molecule has 170 valence electrons. The molecule has 2 atom stereocenters. The number of hydrogen-bond donors (Lipinski definition) is 6. The zero-order chi connectivity index (χ0) is 23.7. The van der Waals surface area contributed by atoms with Crippen molar-refractivity contribution in [1.29, 1.82) is 5.41 Å². The average molecular weight is 443 g/mol. The van der Waals surface area contributed by atoms with E-state index in [1.165, 1.54) is 26.4 Å². The third-order valence-corrected chi connectivity index (χ3v) is 4.39. The Morgan fingerprint density at radius 1 is 1.12 bits per heavy atom. The topological polar surface area (TPSA) is 176 Å². The predicted molar refractivity (Wildman–Crippen MR) is 117 cm³/mol. The summed E-state index contributed by atoms with van der Waals surface area (Å²) in [4.78, 5) is 36.6. The summed E-state index contributed by atoms with van der Waals surface area (Å²) in [6, 6.07) is 12.6. The lowest BCUT2D eigenvalue weighted by Crippen LogP contribution is -2.47. The first-order valence-corrected chi connectivity index (χ1v) is 9.43. The first-order valence-electron chi connectivity index (χ1n) is 9.43. The van der Waals surface area contributed by atoms with Gasteiger partial charge in [0.15, 0.2) is 5.96 Å². The average Bonchev–Trinajstić information content (AvgIpc) is 2.76. The third-order valence-electron chi connectivity index (χ3n) is 4.39. The molecule has 0 saturated heterocycles. The molecule has 7 N–H and O–H groups in total. The molecule has 0 aliphatic rings. The van der Waals surface area contributed by atoms with Gasteiger partial charge in [-0.25, -0.2) is 0 Å². The maximum atomic E-state index is 12.4. The fourth-order valence-corrected chi connectivity index (χ4v) is 2.93. The van der Waals surface area contributed by atoms with E-state index in [0.717, 1.165) is 0 Å². The summed E-state index contributed by atoms with van der Waals surface area (Å²) in [7, 11) is 2.73. The number of anilines is 1. The van der Waals surface area contributed by atoms with Gasteiger partial charge in [-0.05, 0) is 35.9 Å². The highest BCUT2D eigenvalue weighted by molar-refractivity contribution is 5.98. The standard InChI is InChI=1S/C21H25N5O6/c1-31-15-8-4-5-12(10-15)17(20(29)30)19(32-2)26-16(27)11-24-18(28)13-6-3-7-14(9-13)25-21(22)23/h3-10,17,19H,11H2,1-2H3,(H,24,28)(H,26,27)(H,29,30)(H4,22,23,25). The minimum atomic E-state index is -1.20. The molecule has 11 heteroatoms. The fraction of sp³-hybridized carbons (Fsp3) is 0.238. The number of aliphatic carboxylic acids is 1. The number of benzene rings is 2. The van der Waals surface area contributed by atoms with Crippen LogP contribution < -0.4 is 26.4 Å². The minimum Gasteiger partial charge on any atom is -0.497 e. The molecule has 2 aromatic carbocycles. The molecule has 2 aromatic rings. The van der Waals surface area contributed by atoms with E-state index in [1.807, 2.05) is 0 Å². The first kappa shape index (κ1) is 24.2. The second-order valence-electron chi connectivity index (χ2n) is 6.62. The van der Waals surface area contributed by atoms with Gasteiger partial charge in [0.2, 0.25) is 5.91 Å². The number of nitrogens with two attached hydrogens (primary N) is 1. The van der Waals surface area contributed by atoms with Crippen molar-refractivity contribution in [2.45, 2.75) is 12.1 Å². The van der Waals surface area contributed by atoms with Gasteiger partial charge >= 0.3 is 5.97 Å². The number of rotatable bonds is 10. The van der Waals surface area contributed by atoms with E-state index in [0.29, 0.717) is 17.0 Å². The van der Waals surface area contributed by atoms with Crippen LogP contribution in [0.5, 0.6) is 5.75 Å². The Hall–Kier alpha value is -4.12. The number of guanidine groups is 1. The van der Waals surface area contributed by atoms with Crippen molar-refractivity contribution >= 4 is 29.4 Å². The van der Waals surface area contributed by atoms with Gasteiger partial charge in [-0.15, -0.1) is 0 Å². The first-order chi connectivity index (χ1) is 15.2. The number of carbonyl (C=O) groups is 3. The maximum absolute atomic E-state index is 12.4. The van der Waals surface area contributed by atoms with Gasteiger partial charge in [0.1, 0.15) is 17.9 Å². The summed E-state index contributed by atoms with van der Waals surface area (Å²) in [5.41, 5.74) is 6.33. The largest absolute Gasteiger partial charge is 0.497 e. The highest BCUT2D eigenvalue weighted by atomic mass is 16.5. The molecule has 2 unspecified atom stereocenters. The molecule has 2 amide bonds. The summed E-state index contributed by atoms with van der Waals surface area (Å²) >= 11 is 0. The number of ether oxygens (including phenoxy) is 2. The molecule has 2 rings (SSSR count). The van der Waals surface area contributed by atoms with E-state index in [1.54, 1.807) is 36.4 Å². The van der Waals surface area contributed by atoms with Crippen molar-refractivity contribution in [3.63, 3.8) is 0 Å². The van der Waals surface area contributed by atoms with Gasteiger partial charge in [0, 0.05) is 18.4 Å². The molecule has 0 fully saturated rings. The minimum absolute atomic E-state index is 0.243. The molecule has 0 bridgehead atoms. The zero-order valence-corrected chi connectivity index (χ0v) is 17.5. The van der Waals surface area contributed by atoms with Crippen LogP contribution in [0.1, 0.15) is 21.8 Å². The number of hydrogen-bond acceptors (Lipinski definition) is 6. The summed E-state index contributed by atoms with van der Waals surface area (Å²) in [5.74, 6) is -3.41. The van der Waals surface area contributed by atoms with E-state index in [4.69, 9.17) is 20.6 Å². The van der Waals surface area contributed by atoms with Gasteiger partial charge in [0.05, 0.1) is 13.7 Å². The van der Waals surface area contributed by atoms with E-state index >= 15 is 0 Å². The normalized spacial score (nSPS) is 12.2. The van der Waals surface area contributed by atoms with Crippen LogP contribution >= 0.6 is 0 Å². The Bertz CT molecular complexity index is 996. The molecular formula is C21H25N5O6. The van der Waals surface area contributed by atoms with Gasteiger partial charge < -0.3 is 36.3 Å². The summed E-state index contributed by atoms with van der Waals surface area (Å²) in [6.45, 7) is -0.409. The molecule has 11 nitrogen and oxygen atoms in total. The molecule has 0 radical (unpaired) electrons. The second-order valence-corrected chi connectivity index (χ2v) is 6.62. The zero-order valence-electron chi connectivity index (χ0n) is 17.5. The van der Waals surface area contributed by atoms with Crippen molar-refractivity contribution in [3.8, 4) is 5.75 Å². The van der Waals surface area contributed by atoms with E-state index in [2.05, 4.69) is 16.0 Å². The Balaban J connectivity index is 2.03. The van der Waals surface area contributed by atoms with Crippen LogP contribution in [0.3, 0.4) is 0 Å². The van der Waals surface area contributed by atoms with Crippen LogP contribution in [0, 0.1) is 5.41 Å². The second kappa shape index (κ2) is 11.3. The van der Waals surface area contributed by atoms with Crippen LogP contribution in [-0.4, -0.2) is 55.8 Å². The summed E-state index contributed by atoms with van der Waals surface area (Å²) < 4.78 is 10.3. The molecule has 0 aliphatic carbocycles. The van der Waals surface area contributed by atoms with E-state index in [-0.39, 0.29) is 11.5 Å². The van der Waals surface area contributed by atoms with Gasteiger partial charge in [-0.2, -0.15) is 0 Å². The van der Waals surface area contributed by atoms with Crippen molar-refractivity contribution in [3.05, 3.63) is 59.7 Å². The van der Waals surface area contributed by atoms with Crippen molar-refractivity contribution in [2.24, 2.45) is 5.73 Å². The molecule has 0 aliphatic heterocycles. The molecule has 0 saturated carbocycles. The highest BCUT2D eigenvalue weighted by Crippen LogP contribution is 2.24. The molecule has 0 heterocycles. The molecule has 32 heavy (non-hydrogen) atoms. The number of carbonyl (C=O) groups excluding carboxylic acids is 2. The van der Waals surface area contributed by atoms with Crippen molar-refractivity contribution < 1.29 is 29.0 Å². The molecule has 0 spiro atoms. The van der Waals surface area contributed by atoms with Crippen LogP contribution in [0.2, 0.25) is 0 Å². The summed E-state index contributed by atoms with van der Waals surface area (Å²) in [5, 5.41) is 24.4. The van der Waals surface area contributed by atoms with Crippen molar-refractivity contribution in [2.75, 3.05) is 26.1 Å². The number of methoxy groups -OCH3 is 2. The van der Waals surface area contributed by atoms with Gasteiger partial charge in [-0.1, -0.05) is 18.2 Å². The summed E-state index contributed by atoms with van der Waals surface area (Å²) in [6.07, 6.45) is -1.19. The van der Waals surface area contributed by atoms with Gasteiger partial charge in [0.25, 0.3) is 5.91 Å². The van der Waals surface area contributed by atoms with Crippen LogP contribution in [0.25, 0.3) is 0 Å². The molecule has 0 aromatic heterocycles. The Labute approximate surface area is 184 Å². The van der Waals surface area contributed by atoms with E-state index in [9.17, 15) is 19.5 Å². The fourth-order valence-electron chi connectivity index (χ4n) is 2.93. The number of carboxylic acids is 1. The molecular weight excluding hydrogens is 418 g/mol. The SMILES string of the molecule is COc1cccc(C(C(=O)O)C(NC(=O)CNC(=O)c2cccc(NC(=N)N)c2)OC)c1. The predicted octanol–water partition coefficient (Wildman–Crippen LogP) is 0.687. The van der Waals surface area contributed by atoms with Gasteiger partial charge in [-0.3, -0.25) is 19.8 Å². The Morgan fingerprint density at radius 3 is 2.47 bits per heavy atom. The lowest BCUT2D eigenvalue weighted by Gasteiger charge is -2.24.